The van der Waals surface area contributed by atoms with Crippen LogP contribution in [0.25, 0.3) is 0 Å². The maximum atomic E-state index is 12.7. The molecule has 3 aromatic rings. The minimum Gasteiger partial charge on any atom is -0.482 e. The Morgan fingerprint density at radius 3 is 2.24 bits per heavy atom. The van der Waals surface area contributed by atoms with E-state index in [1.54, 1.807) is 31.2 Å². The van der Waals surface area contributed by atoms with Crippen molar-refractivity contribution in [3.05, 3.63) is 88.7 Å². The predicted octanol–water partition coefficient (Wildman–Crippen LogP) is 4.75. The Bertz CT molecular complexity index is 1110. The number of aromatic nitrogens is 1. The number of ketones is 2. The summed E-state index contributed by atoms with van der Waals surface area (Å²) >= 11 is 0. The van der Waals surface area contributed by atoms with Crippen molar-refractivity contribution in [3.8, 4) is 5.75 Å². The number of benzene rings is 2. The van der Waals surface area contributed by atoms with Crippen LogP contribution >= 0.6 is 0 Å². The SMILES string of the molecule is CCC(=O)c1ccc(OCC(=O)OCC(=O)c2cc(C)n(CCc3ccccc3)c2C)cc1. The van der Waals surface area contributed by atoms with Gasteiger partial charge in [-0.05, 0) is 56.2 Å². The molecule has 0 unspecified atom stereocenters. The van der Waals surface area contributed by atoms with E-state index >= 15 is 0 Å². The fourth-order valence-corrected chi connectivity index (χ4v) is 3.66. The second-order valence-electron chi connectivity index (χ2n) is 7.85. The first-order chi connectivity index (χ1) is 15.9. The number of Topliss-reactive ketones (excluding diaryl/α,β-unsaturated/α-hetero) is 2. The minimum absolute atomic E-state index is 0.0406. The first kappa shape index (κ1) is 24.0. The average Bonchev–Trinajstić information content (AvgIpc) is 3.13. The van der Waals surface area contributed by atoms with Crippen LogP contribution in [-0.4, -0.2) is 35.3 Å². The lowest BCUT2D eigenvalue weighted by Gasteiger charge is -2.10. The van der Waals surface area contributed by atoms with Crippen LogP contribution in [0.4, 0.5) is 0 Å². The third-order valence-corrected chi connectivity index (χ3v) is 5.56. The van der Waals surface area contributed by atoms with Crippen LogP contribution in [0.5, 0.6) is 5.75 Å². The lowest BCUT2D eigenvalue weighted by atomic mass is 10.1. The molecule has 6 nitrogen and oxygen atoms in total. The topological polar surface area (TPSA) is 74.6 Å². The number of hydrogen-bond donors (Lipinski definition) is 0. The zero-order valence-electron chi connectivity index (χ0n) is 19.3. The Labute approximate surface area is 194 Å². The minimum atomic E-state index is -0.630. The Hall–Kier alpha value is -3.67. The Morgan fingerprint density at radius 2 is 1.58 bits per heavy atom. The summed E-state index contributed by atoms with van der Waals surface area (Å²) in [4.78, 5) is 36.3. The number of carbonyl (C=O) groups excluding carboxylic acids is 3. The standard InChI is InChI=1S/C27H29NO5/c1-4-25(29)22-10-12-23(13-11-22)32-18-27(31)33-17-26(30)24-16-19(2)28(20(24)3)15-14-21-8-6-5-7-9-21/h5-13,16H,4,14-15,17-18H2,1-3H3. The van der Waals surface area contributed by atoms with Gasteiger partial charge >= 0.3 is 5.97 Å². The number of aryl methyl sites for hydroxylation is 2. The van der Waals surface area contributed by atoms with Gasteiger partial charge in [0.1, 0.15) is 5.75 Å². The molecule has 33 heavy (non-hydrogen) atoms. The second kappa shape index (κ2) is 11.3. The van der Waals surface area contributed by atoms with Gasteiger partial charge in [0.05, 0.1) is 0 Å². The van der Waals surface area contributed by atoms with E-state index < -0.39 is 5.97 Å². The third kappa shape index (κ3) is 6.42. The van der Waals surface area contributed by atoms with Crippen molar-refractivity contribution in [1.82, 2.24) is 4.57 Å². The van der Waals surface area contributed by atoms with Gasteiger partial charge in [0, 0.05) is 35.5 Å². The molecule has 1 heterocycles. The summed E-state index contributed by atoms with van der Waals surface area (Å²) in [7, 11) is 0. The summed E-state index contributed by atoms with van der Waals surface area (Å²) in [6, 6.07) is 18.6. The van der Waals surface area contributed by atoms with Crippen LogP contribution in [0.15, 0.2) is 60.7 Å². The van der Waals surface area contributed by atoms with E-state index in [4.69, 9.17) is 9.47 Å². The summed E-state index contributed by atoms with van der Waals surface area (Å²) in [6.45, 7) is 5.79. The van der Waals surface area contributed by atoms with Gasteiger partial charge < -0.3 is 14.0 Å². The van der Waals surface area contributed by atoms with Gasteiger partial charge in [-0.2, -0.15) is 0 Å². The summed E-state index contributed by atoms with van der Waals surface area (Å²) in [5.41, 5.74) is 4.25. The molecular formula is C27H29NO5. The van der Waals surface area contributed by atoms with Crippen molar-refractivity contribution in [2.45, 2.75) is 40.2 Å². The molecule has 0 N–H and O–H groups in total. The van der Waals surface area contributed by atoms with Crippen LogP contribution in [0, 0.1) is 13.8 Å². The summed E-state index contributed by atoms with van der Waals surface area (Å²) in [5.74, 6) is -0.383. The highest BCUT2D eigenvalue weighted by atomic mass is 16.6. The molecule has 2 aromatic carbocycles. The molecule has 0 fully saturated rings. The van der Waals surface area contributed by atoms with E-state index in [1.165, 1.54) is 5.56 Å². The molecule has 1 aromatic heterocycles. The first-order valence-corrected chi connectivity index (χ1v) is 11.0. The number of ether oxygens (including phenoxy) is 2. The number of carbonyl (C=O) groups is 3. The van der Waals surface area contributed by atoms with Gasteiger partial charge in [-0.15, -0.1) is 0 Å². The fraction of sp³-hybridized carbons (Fsp3) is 0.296. The number of nitrogens with zero attached hydrogens (tertiary/aromatic N) is 1. The van der Waals surface area contributed by atoms with Crippen molar-refractivity contribution >= 4 is 17.5 Å². The molecule has 6 heteroatoms. The van der Waals surface area contributed by atoms with Gasteiger partial charge in [-0.1, -0.05) is 37.3 Å². The Kier molecular flexibility index (Phi) is 8.19. The lowest BCUT2D eigenvalue weighted by Crippen LogP contribution is -2.20. The highest BCUT2D eigenvalue weighted by molar-refractivity contribution is 5.99. The van der Waals surface area contributed by atoms with Crippen LogP contribution < -0.4 is 4.74 Å². The highest BCUT2D eigenvalue weighted by Gasteiger charge is 2.17. The summed E-state index contributed by atoms with van der Waals surface area (Å²) < 4.78 is 12.6. The van der Waals surface area contributed by atoms with Crippen molar-refractivity contribution in [2.24, 2.45) is 0 Å². The van der Waals surface area contributed by atoms with Crippen LogP contribution in [0.3, 0.4) is 0 Å². The number of esters is 1. The van der Waals surface area contributed by atoms with Crippen LogP contribution in [0.1, 0.15) is 51.0 Å². The molecule has 0 aliphatic carbocycles. The van der Waals surface area contributed by atoms with Crippen molar-refractivity contribution in [1.29, 1.82) is 0 Å². The van der Waals surface area contributed by atoms with Gasteiger partial charge in [-0.3, -0.25) is 9.59 Å². The normalized spacial score (nSPS) is 10.6. The zero-order valence-corrected chi connectivity index (χ0v) is 19.3. The van der Waals surface area contributed by atoms with E-state index in [0.29, 0.717) is 23.3 Å². The molecule has 0 spiro atoms. The molecular weight excluding hydrogens is 418 g/mol. The largest absolute Gasteiger partial charge is 0.482 e. The van der Waals surface area contributed by atoms with Crippen molar-refractivity contribution in [2.75, 3.05) is 13.2 Å². The smallest absolute Gasteiger partial charge is 0.344 e. The zero-order chi connectivity index (χ0) is 23.8. The van der Waals surface area contributed by atoms with Crippen molar-refractivity contribution < 1.29 is 23.9 Å². The maximum Gasteiger partial charge on any atom is 0.344 e. The van der Waals surface area contributed by atoms with Gasteiger partial charge in [0.25, 0.3) is 0 Å². The molecule has 0 saturated carbocycles. The third-order valence-electron chi connectivity index (χ3n) is 5.56. The Balaban J connectivity index is 1.49. The van der Waals surface area contributed by atoms with Gasteiger partial charge in [0.15, 0.2) is 19.0 Å². The van der Waals surface area contributed by atoms with E-state index in [1.807, 2.05) is 38.1 Å². The number of rotatable bonds is 11. The highest BCUT2D eigenvalue weighted by Crippen LogP contribution is 2.17. The molecule has 3 rings (SSSR count). The van der Waals surface area contributed by atoms with Gasteiger partial charge in [-0.25, -0.2) is 4.79 Å². The molecule has 0 bridgehead atoms. The molecule has 0 amide bonds. The van der Waals surface area contributed by atoms with Crippen molar-refractivity contribution in [3.63, 3.8) is 0 Å². The van der Waals surface area contributed by atoms with Crippen LogP contribution in [-0.2, 0) is 22.5 Å². The summed E-state index contributed by atoms with van der Waals surface area (Å²) in [5, 5.41) is 0. The monoisotopic (exact) mass is 447 g/mol. The molecule has 0 saturated heterocycles. The molecule has 0 aliphatic rings. The molecule has 0 radical (unpaired) electrons. The quantitative estimate of drug-likeness (QED) is 0.313. The summed E-state index contributed by atoms with van der Waals surface area (Å²) in [6.07, 6.45) is 1.29. The fourth-order valence-electron chi connectivity index (χ4n) is 3.66. The maximum absolute atomic E-state index is 12.7. The van der Waals surface area contributed by atoms with Crippen LogP contribution in [0.2, 0.25) is 0 Å². The Morgan fingerprint density at radius 1 is 0.879 bits per heavy atom. The predicted molar refractivity (Wildman–Crippen MR) is 126 cm³/mol. The van der Waals surface area contributed by atoms with E-state index in [-0.39, 0.29) is 24.8 Å². The molecule has 0 aliphatic heterocycles. The average molecular weight is 448 g/mol. The van der Waals surface area contributed by atoms with E-state index in [0.717, 1.165) is 24.4 Å². The lowest BCUT2D eigenvalue weighted by molar-refractivity contribution is -0.144. The number of hydrogen-bond acceptors (Lipinski definition) is 5. The van der Waals surface area contributed by atoms with E-state index in [9.17, 15) is 14.4 Å². The first-order valence-electron chi connectivity index (χ1n) is 11.0. The van der Waals surface area contributed by atoms with Gasteiger partial charge in [0.2, 0.25) is 5.78 Å². The molecule has 0 atom stereocenters. The second-order valence-corrected chi connectivity index (χ2v) is 7.85. The van der Waals surface area contributed by atoms with E-state index in [2.05, 4.69) is 16.7 Å². The molecule has 172 valence electrons.